The molecule has 0 amide bonds. The summed E-state index contributed by atoms with van der Waals surface area (Å²) in [4.78, 5) is 15.2. The number of carboxylic acid groups (broad SMARTS) is 1. The van der Waals surface area contributed by atoms with Gasteiger partial charge in [0.2, 0.25) is 0 Å². The van der Waals surface area contributed by atoms with Crippen LogP contribution in [0.1, 0.15) is 16.1 Å². The Morgan fingerprint density at radius 3 is 2.84 bits per heavy atom. The van der Waals surface area contributed by atoms with Crippen LogP contribution in [0.3, 0.4) is 0 Å². The maximum atomic E-state index is 10.8. The van der Waals surface area contributed by atoms with Crippen molar-refractivity contribution in [2.24, 2.45) is 0 Å². The number of pyridine rings is 1. The van der Waals surface area contributed by atoms with Gasteiger partial charge in [-0.15, -0.1) is 0 Å². The van der Waals surface area contributed by atoms with Crippen molar-refractivity contribution in [1.82, 2.24) is 14.8 Å². The predicted octanol–water partition coefficient (Wildman–Crippen LogP) is 2.18. The van der Waals surface area contributed by atoms with Crippen LogP contribution in [-0.2, 0) is 6.54 Å². The summed E-state index contributed by atoms with van der Waals surface area (Å²) >= 11 is 0. The minimum absolute atomic E-state index is 0.0493. The maximum Gasteiger partial charge on any atom is 0.356 e. The van der Waals surface area contributed by atoms with E-state index in [1.165, 1.54) is 6.07 Å². The van der Waals surface area contributed by atoms with Crippen LogP contribution >= 0.6 is 0 Å². The van der Waals surface area contributed by atoms with Crippen molar-refractivity contribution in [3.8, 4) is 0 Å². The Morgan fingerprint density at radius 1 is 1.21 bits per heavy atom. The molecule has 0 aliphatic heterocycles. The van der Waals surface area contributed by atoms with Gasteiger partial charge in [0.15, 0.2) is 5.69 Å². The third-order valence-corrected chi connectivity index (χ3v) is 2.91. The van der Waals surface area contributed by atoms with Gasteiger partial charge in [-0.25, -0.2) is 4.79 Å². The normalized spacial score (nSPS) is 10.7. The van der Waals surface area contributed by atoms with Crippen molar-refractivity contribution < 1.29 is 9.90 Å². The minimum Gasteiger partial charge on any atom is -0.476 e. The van der Waals surface area contributed by atoms with Crippen LogP contribution in [0.2, 0.25) is 0 Å². The quantitative estimate of drug-likeness (QED) is 0.776. The van der Waals surface area contributed by atoms with Gasteiger partial charge in [-0.1, -0.05) is 24.3 Å². The zero-order valence-electron chi connectivity index (χ0n) is 10.0. The lowest BCUT2D eigenvalue weighted by molar-refractivity contribution is 0.0689. The highest BCUT2D eigenvalue weighted by Gasteiger charge is 2.08. The molecule has 94 valence electrons. The summed E-state index contributed by atoms with van der Waals surface area (Å²) < 4.78 is 1.60. The van der Waals surface area contributed by atoms with Crippen molar-refractivity contribution in [3.05, 3.63) is 60.0 Å². The fourth-order valence-corrected chi connectivity index (χ4v) is 2.03. The molecular weight excluding hydrogens is 242 g/mol. The number of aromatic carboxylic acids is 1. The van der Waals surface area contributed by atoms with E-state index in [2.05, 4.69) is 10.1 Å². The molecule has 0 spiro atoms. The average Bonchev–Trinajstić information content (AvgIpc) is 2.88. The summed E-state index contributed by atoms with van der Waals surface area (Å²) in [7, 11) is 0. The summed E-state index contributed by atoms with van der Waals surface area (Å²) in [6, 6.07) is 11.3. The first-order chi connectivity index (χ1) is 9.24. The maximum absolute atomic E-state index is 10.8. The molecule has 0 bridgehead atoms. The molecular formula is C14H11N3O2. The van der Waals surface area contributed by atoms with E-state index in [4.69, 9.17) is 5.11 Å². The fourth-order valence-electron chi connectivity index (χ4n) is 2.03. The lowest BCUT2D eigenvalue weighted by atomic mass is 10.1. The van der Waals surface area contributed by atoms with Gasteiger partial charge in [0, 0.05) is 17.8 Å². The molecule has 1 aromatic carbocycles. The number of aromatic nitrogens is 3. The molecule has 1 N–H and O–H groups in total. The van der Waals surface area contributed by atoms with Crippen molar-refractivity contribution >= 4 is 16.9 Å². The summed E-state index contributed by atoms with van der Waals surface area (Å²) in [5, 5.41) is 13.9. The molecule has 2 aromatic heterocycles. The van der Waals surface area contributed by atoms with Gasteiger partial charge in [-0.3, -0.25) is 9.67 Å². The van der Waals surface area contributed by atoms with Crippen LogP contribution in [0.25, 0.3) is 10.9 Å². The Labute approximate surface area is 109 Å². The van der Waals surface area contributed by atoms with Gasteiger partial charge in [-0.2, -0.15) is 5.10 Å². The molecule has 0 saturated carbocycles. The highest BCUT2D eigenvalue weighted by atomic mass is 16.4. The number of hydrogen-bond acceptors (Lipinski definition) is 3. The zero-order valence-corrected chi connectivity index (χ0v) is 10.0. The molecule has 5 heteroatoms. The van der Waals surface area contributed by atoms with Crippen LogP contribution < -0.4 is 0 Å². The number of benzene rings is 1. The second-order valence-electron chi connectivity index (χ2n) is 4.20. The molecule has 0 aliphatic carbocycles. The SMILES string of the molecule is O=C(O)c1ccn(Cc2cccc3cccnc23)n1. The number of fused-ring (bicyclic) bond motifs is 1. The number of carboxylic acids is 1. The summed E-state index contributed by atoms with van der Waals surface area (Å²) in [5.74, 6) is -1.02. The second kappa shape index (κ2) is 4.53. The Kier molecular flexibility index (Phi) is 2.72. The molecule has 0 atom stereocenters. The van der Waals surface area contributed by atoms with Crippen molar-refractivity contribution in [1.29, 1.82) is 0 Å². The number of carbonyl (C=O) groups is 1. The van der Waals surface area contributed by atoms with Gasteiger partial charge in [0.25, 0.3) is 0 Å². The molecule has 3 rings (SSSR count). The van der Waals surface area contributed by atoms with Gasteiger partial charge in [0.1, 0.15) is 0 Å². The largest absolute Gasteiger partial charge is 0.476 e. The lowest BCUT2D eigenvalue weighted by Gasteiger charge is -2.05. The van der Waals surface area contributed by atoms with Gasteiger partial charge in [-0.05, 0) is 17.7 Å². The van der Waals surface area contributed by atoms with Gasteiger partial charge >= 0.3 is 5.97 Å². The van der Waals surface area contributed by atoms with E-state index in [1.54, 1.807) is 17.1 Å². The summed E-state index contributed by atoms with van der Waals surface area (Å²) in [5.41, 5.74) is 1.98. The molecule has 0 radical (unpaired) electrons. The third-order valence-electron chi connectivity index (χ3n) is 2.91. The van der Waals surface area contributed by atoms with Crippen LogP contribution in [0.15, 0.2) is 48.8 Å². The molecule has 0 aliphatic rings. The van der Waals surface area contributed by atoms with E-state index in [1.807, 2.05) is 30.3 Å². The Bertz CT molecular complexity index is 744. The molecule has 3 aromatic rings. The first-order valence-electron chi connectivity index (χ1n) is 5.83. The topological polar surface area (TPSA) is 68.0 Å². The minimum atomic E-state index is -1.02. The molecule has 5 nitrogen and oxygen atoms in total. The van der Waals surface area contributed by atoms with E-state index >= 15 is 0 Å². The first kappa shape index (κ1) is 11.4. The number of nitrogens with zero attached hydrogens (tertiary/aromatic N) is 3. The van der Waals surface area contributed by atoms with Crippen LogP contribution in [0, 0.1) is 0 Å². The van der Waals surface area contributed by atoms with Gasteiger partial charge in [0.05, 0.1) is 12.1 Å². The van der Waals surface area contributed by atoms with Crippen molar-refractivity contribution in [2.75, 3.05) is 0 Å². The molecule has 0 saturated heterocycles. The van der Waals surface area contributed by atoms with Gasteiger partial charge < -0.3 is 5.11 Å². The van der Waals surface area contributed by atoms with E-state index in [9.17, 15) is 4.79 Å². The van der Waals surface area contributed by atoms with Crippen molar-refractivity contribution in [2.45, 2.75) is 6.54 Å². The molecule has 19 heavy (non-hydrogen) atoms. The number of hydrogen-bond donors (Lipinski definition) is 1. The average molecular weight is 253 g/mol. The standard InChI is InChI=1S/C14H11N3O2/c18-14(19)12-6-8-17(16-12)9-11-4-1-3-10-5-2-7-15-13(10)11/h1-8H,9H2,(H,18,19). The summed E-state index contributed by atoms with van der Waals surface area (Å²) in [6.07, 6.45) is 3.41. The van der Waals surface area contributed by atoms with E-state index < -0.39 is 5.97 Å². The zero-order chi connectivity index (χ0) is 13.2. The number of rotatable bonds is 3. The highest BCUT2D eigenvalue weighted by Crippen LogP contribution is 2.16. The Hall–Kier alpha value is -2.69. The molecule has 2 heterocycles. The van der Waals surface area contributed by atoms with E-state index in [-0.39, 0.29) is 5.69 Å². The smallest absolute Gasteiger partial charge is 0.356 e. The highest BCUT2D eigenvalue weighted by molar-refractivity contribution is 5.85. The number of para-hydroxylation sites is 1. The van der Waals surface area contributed by atoms with E-state index in [0.717, 1.165) is 16.5 Å². The van der Waals surface area contributed by atoms with Crippen LogP contribution in [0.5, 0.6) is 0 Å². The Morgan fingerprint density at radius 2 is 2.05 bits per heavy atom. The summed E-state index contributed by atoms with van der Waals surface area (Å²) in [6.45, 7) is 0.502. The van der Waals surface area contributed by atoms with Crippen LogP contribution in [-0.4, -0.2) is 25.8 Å². The van der Waals surface area contributed by atoms with E-state index in [0.29, 0.717) is 6.54 Å². The fraction of sp³-hybridized carbons (Fsp3) is 0.0714. The van der Waals surface area contributed by atoms with Crippen LogP contribution in [0.4, 0.5) is 0 Å². The van der Waals surface area contributed by atoms with Crippen molar-refractivity contribution in [3.63, 3.8) is 0 Å². The lowest BCUT2D eigenvalue weighted by Crippen LogP contribution is -2.04. The monoisotopic (exact) mass is 253 g/mol. The molecule has 0 fully saturated rings. The molecule has 0 unspecified atom stereocenters. The predicted molar refractivity (Wildman–Crippen MR) is 70.0 cm³/mol. The first-order valence-corrected chi connectivity index (χ1v) is 5.83. The Balaban J connectivity index is 1.98. The third kappa shape index (κ3) is 2.18. The second-order valence-corrected chi connectivity index (χ2v) is 4.20.